The third-order valence-corrected chi connectivity index (χ3v) is 4.79. The molecule has 2 atom stereocenters. The molecule has 1 aromatic heterocycles. The zero-order chi connectivity index (χ0) is 17.6. The molecule has 0 saturated carbocycles. The summed E-state index contributed by atoms with van der Waals surface area (Å²) in [5.74, 6) is -0.835. The lowest BCUT2D eigenvalue weighted by atomic mass is 9.99. The molecule has 1 fully saturated rings. The van der Waals surface area contributed by atoms with Gasteiger partial charge in [-0.3, -0.25) is 4.90 Å². The van der Waals surface area contributed by atoms with Gasteiger partial charge in [0.05, 0.1) is 36.2 Å². The van der Waals surface area contributed by atoms with Crippen LogP contribution in [0, 0.1) is 5.82 Å². The van der Waals surface area contributed by atoms with Crippen LogP contribution in [0.1, 0.15) is 29.3 Å². The number of nitrogens with zero attached hydrogens (tertiary/aromatic N) is 4. The maximum absolute atomic E-state index is 14.1. The topological polar surface area (TPSA) is 43.2 Å². The number of hydrogen-bond donors (Lipinski definition) is 0. The highest BCUT2D eigenvalue weighted by molar-refractivity contribution is 5.26. The van der Waals surface area contributed by atoms with Crippen LogP contribution in [0.4, 0.5) is 17.6 Å². The van der Waals surface area contributed by atoms with Crippen molar-refractivity contribution in [1.29, 1.82) is 0 Å². The molecule has 9 heteroatoms. The van der Waals surface area contributed by atoms with Gasteiger partial charge in [0.25, 0.3) is 0 Å². The number of alkyl halides is 3. The van der Waals surface area contributed by atoms with Gasteiger partial charge in [-0.25, -0.2) is 9.07 Å². The van der Waals surface area contributed by atoms with Gasteiger partial charge in [-0.05, 0) is 18.6 Å². The molecule has 1 saturated heterocycles. The van der Waals surface area contributed by atoms with Crippen molar-refractivity contribution in [3.63, 3.8) is 0 Å². The number of benzene rings is 1. The summed E-state index contributed by atoms with van der Waals surface area (Å²) < 4.78 is 59.7. The lowest BCUT2D eigenvalue weighted by molar-refractivity contribution is -0.137. The smallest absolute Gasteiger partial charge is 0.370 e. The zero-order valence-electron chi connectivity index (χ0n) is 13.2. The largest absolute Gasteiger partial charge is 0.416 e. The summed E-state index contributed by atoms with van der Waals surface area (Å²) in [7, 11) is 0. The van der Waals surface area contributed by atoms with Crippen LogP contribution in [0.25, 0.3) is 0 Å². The Morgan fingerprint density at radius 2 is 2.12 bits per heavy atom. The number of piperidine rings is 1. The highest BCUT2D eigenvalue weighted by atomic mass is 19.4. The van der Waals surface area contributed by atoms with Crippen LogP contribution in [-0.4, -0.2) is 39.1 Å². The van der Waals surface area contributed by atoms with Gasteiger partial charge >= 0.3 is 6.18 Å². The molecular weight excluding hydrogens is 340 g/mol. The highest BCUT2D eigenvalue weighted by Crippen LogP contribution is 2.32. The lowest BCUT2D eigenvalue weighted by Gasteiger charge is -2.41. The molecule has 0 bridgehead atoms. The van der Waals surface area contributed by atoms with E-state index in [0.717, 1.165) is 18.2 Å². The van der Waals surface area contributed by atoms with E-state index in [4.69, 9.17) is 4.74 Å². The van der Waals surface area contributed by atoms with Gasteiger partial charge in [0.2, 0.25) is 0 Å². The number of likely N-dealkylation sites (tertiary alicyclic amines) is 1. The molecule has 2 aliphatic rings. The first-order valence-corrected chi connectivity index (χ1v) is 8.00. The van der Waals surface area contributed by atoms with Gasteiger partial charge in [-0.1, -0.05) is 11.3 Å². The fourth-order valence-electron chi connectivity index (χ4n) is 3.48. The highest BCUT2D eigenvalue weighted by Gasteiger charge is 2.37. The third kappa shape index (κ3) is 3.13. The molecule has 134 valence electrons. The average Bonchev–Trinajstić information content (AvgIpc) is 3.05. The number of hydrogen-bond acceptors (Lipinski definition) is 4. The van der Waals surface area contributed by atoms with Crippen molar-refractivity contribution in [3.8, 4) is 0 Å². The normalized spacial score (nSPS) is 24.0. The van der Waals surface area contributed by atoms with E-state index in [0.29, 0.717) is 25.8 Å². The second kappa shape index (κ2) is 6.06. The summed E-state index contributed by atoms with van der Waals surface area (Å²) >= 11 is 0. The van der Waals surface area contributed by atoms with Crippen molar-refractivity contribution in [2.45, 2.75) is 37.9 Å². The Labute approximate surface area is 141 Å². The van der Waals surface area contributed by atoms with Crippen molar-refractivity contribution < 1.29 is 22.3 Å². The van der Waals surface area contributed by atoms with Crippen LogP contribution < -0.4 is 0 Å². The monoisotopic (exact) mass is 356 g/mol. The molecule has 25 heavy (non-hydrogen) atoms. The lowest BCUT2D eigenvalue weighted by Crippen LogP contribution is -2.47. The van der Waals surface area contributed by atoms with E-state index in [1.165, 1.54) is 6.07 Å². The van der Waals surface area contributed by atoms with Crippen LogP contribution in [0.3, 0.4) is 0 Å². The quantitative estimate of drug-likeness (QED) is 0.776. The Morgan fingerprint density at radius 3 is 2.88 bits per heavy atom. The molecule has 0 radical (unpaired) electrons. The fraction of sp³-hybridized carbons (Fsp3) is 0.500. The number of fused-ring (bicyclic) bond motifs is 3. The molecule has 2 aromatic rings. The van der Waals surface area contributed by atoms with Crippen LogP contribution in [-0.2, 0) is 24.1 Å². The Bertz CT molecular complexity index is 776. The number of rotatable bonds is 2. The van der Waals surface area contributed by atoms with Crippen molar-refractivity contribution in [3.05, 3.63) is 47.0 Å². The Hall–Kier alpha value is -2.00. The standard InChI is InChI=1S/C16H16F4N4O/c17-13-5-11(16(18,19)20)2-1-10(13)7-23-4-3-15-14(8-23)24-12(9-25-15)6-21-22-24/h1-2,5-6,14-15H,3-4,7-9H2/t14-,15+/m0/s1. The first-order chi connectivity index (χ1) is 11.9. The molecule has 1 aromatic carbocycles. The van der Waals surface area contributed by atoms with Gasteiger partial charge in [0, 0.05) is 25.2 Å². The van der Waals surface area contributed by atoms with Crippen molar-refractivity contribution in [2.75, 3.05) is 13.1 Å². The molecule has 4 rings (SSSR count). The Morgan fingerprint density at radius 1 is 1.28 bits per heavy atom. The van der Waals surface area contributed by atoms with Crippen molar-refractivity contribution >= 4 is 0 Å². The first-order valence-electron chi connectivity index (χ1n) is 8.00. The minimum Gasteiger partial charge on any atom is -0.370 e. The summed E-state index contributed by atoms with van der Waals surface area (Å²) in [4.78, 5) is 2.01. The van der Waals surface area contributed by atoms with E-state index in [1.807, 2.05) is 9.58 Å². The van der Waals surface area contributed by atoms with Crippen LogP contribution in [0.2, 0.25) is 0 Å². The van der Waals surface area contributed by atoms with Gasteiger partial charge in [-0.2, -0.15) is 13.2 Å². The van der Waals surface area contributed by atoms with Crippen molar-refractivity contribution in [1.82, 2.24) is 19.9 Å². The fourth-order valence-corrected chi connectivity index (χ4v) is 3.48. The molecule has 0 N–H and O–H groups in total. The van der Waals surface area contributed by atoms with E-state index in [2.05, 4.69) is 10.3 Å². The van der Waals surface area contributed by atoms with E-state index < -0.39 is 17.6 Å². The van der Waals surface area contributed by atoms with Crippen LogP contribution in [0.15, 0.2) is 24.4 Å². The predicted molar refractivity (Wildman–Crippen MR) is 78.9 cm³/mol. The molecular formula is C16H16F4N4O. The molecule has 2 aliphatic heterocycles. The summed E-state index contributed by atoms with van der Waals surface area (Å²) in [6, 6.07) is 2.67. The van der Waals surface area contributed by atoms with E-state index in [9.17, 15) is 17.6 Å². The maximum Gasteiger partial charge on any atom is 0.416 e. The number of halogens is 4. The van der Waals surface area contributed by atoms with E-state index in [1.54, 1.807) is 6.20 Å². The number of aromatic nitrogens is 3. The van der Waals surface area contributed by atoms with E-state index in [-0.39, 0.29) is 24.3 Å². The summed E-state index contributed by atoms with van der Waals surface area (Å²) in [5.41, 5.74) is 0.172. The molecule has 0 unspecified atom stereocenters. The Kier molecular flexibility index (Phi) is 3.99. The average molecular weight is 356 g/mol. The minimum atomic E-state index is -4.54. The maximum atomic E-state index is 14.1. The summed E-state index contributed by atoms with van der Waals surface area (Å²) in [6.45, 7) is 1.99. The van der Waals surface area contributed by atoms with Gasteiger partial charge in [0.1, 0.15) is 5.82 Å². The molecule has 0 aliphatic carbocycles. The first kappa shape index (κ1) is 16.5. The second-order valence-electron chi connectivity index (χ2n) is 6.41. The predicted octanol–water partition coefficient (Wildman–Crippen LogP) is 2.78. The van der Waals surface area contributed by atoms with Gasteiger partial charge < -0.3 is 4.74 Å². The van der Waals surface area contributed by atoms with Crippen LogP contribution in [0.5, 0.6) is 0 Å². The van der Waals surface area contributed by atoms with Crippen LogP contribution >= 0.6 is 0 Å². The van der Waals surface area contributed by atoms with Gasteiger partial charge in [0.15, 0.2) is 0 Å². The summed E-state index contributed by atoms with van der Waals surface area (Å²) in [6.07, 6.45) is -2.10. The molecule has 5 nitrogen and oxygen atoms in total. The minimum absolute atomic E-state index is 0.0162. The molecule has 0 spiro atoms. The second-order valence-corrected chi connectivity index (χ2v) is 6.41. The SMILES string of the molecule is Fc1cc(C(F)(F)F)ccc1CN1CC[C@H]2OCc3cnnn3[C@H]2C1. The van der Waals surface area contributed by atoms with E-state index >= 15 is 0 Å². The van der Waals surface area contributed by atoms with Gasteiger partial charge in [-0.15, -0.1) is 5.10 Å². The zero-order valence-corrected chi connectivity index (χ0v) is 13.2. The third-order valence-electron chi connectivity index (χ3n) is 4.79. The van der Waals surface area contributed by atoms with Crippen molar-refractivity contribution in [2.24, 2.45) is 0 Å². The Balaban J connectivity index is 1.50. The molecule has 0 amide bonds. The molecule has 3 heterocycles. The summed E-state index contributed by atoms with van der Waals surface area (Å²) in [5, 5.41) is 8.00. The number of ether oxygens (including phenoxy) is 1.